The second-order valence-electron chi connectivity index (χ2n) is 4.00. The fourth-order valence-electron chi connectivity index (χ4n) is 1.81. The molecule has 19 heavy (non-hydrogen) atoms. The van der Waals surface area contributed by atoms with Gasteiger partial charge in [0.25, 0.3) is 0 Å². The van der Waals surface area contributed by atoms with E-state index >= 15 is 0 Å². The van der Waals surface area contributed by atoms with Gasteiger partial charge in [-0.1, -0.05) is 12.1 Å². The van der Waals surface area contributed by atoms with Crippen LogP contribution in [0.1, 0.15) is 5.56 Å². The lowest BCUT2D eigenvalue weighted by molar-refractivity contribution is 0.631. The van der Waals surface area contributed by atoms with Crippen LogP contribution in [-0.4, -0.2) is 19.9 Å². The van der Waals surface area contributed by atoms with Crippen molar-refractivity contribution < 1.29 is 4.39 Å². The molecule has 0 saturated heterocycles. The smallest absolute Gasteiger partial charge is 0.226 e. The zero-order chi connectivity index (χ0) is 13.4. The molecule has 0 saturated carbocycles. The van der Waals surface area contributed by atoms with Crippen LogP contribution in [-0.2, 0) is 0 Å². The zero-order valence-corrected chi connectivity index (χ0v) is 10.7. The van der Waals surface area contributed by atoms with Gasteiger partial charge in [-0.2, -0.15) is 9.97 Å². The quantitative estimate of drug-likeness (QED) is 0.706. The summed E-state index contributed by atoms with van der Waals surface area (Å²) in [5.41, 5.74) is 2.12. The van der Waals surface area contributed by atoms with Crippen molar-refractivity contribution in [3.8, 4) is 0 Å². The first kappa shape index (κ1) is 11.9. The number of H-pyrrole nitrogens is 1. The summed E-state index contributed by atoms with van der Waals surface area (Å²) in [5, 5.41) is 2.98. The maximum absolute atomic E-state index is 13.8. The highest BCUT2D eigenvalue weighted by Crippen LogP contribution is 2.26. The van der Waals surface area contributed by atoms with Crippen molar-refractivity contribution in [1.82, 2.24) is 19.9 Å². The molecule has 0 radical (unpaired) electrons. The van der Waals surface area contributed by atoms with Crippen LogP contribution < -0.4 is 5.32 Å². The van der Waals surface area contributed by atoms with Crippen LogP contribution in [0.5, 0.6) is 0 Å². The van der Waals surface area contributed by atoms with Gasteiger partial charge in [0.1, 0.15) is 11.3 Å². The molecule has 0 atom stereocenters. The van der Waals surface area contributed by atoms with Crippen molar-refractivity contribution in [2.75, 3.05) is 5.32 Å². The summed E-state index contributed by atoms with van der Waals surface area (Å²) < 4.78 is 13.8. The third-order valence-electron chi connectivity index (χ3n) is 2.72. The Hall–Kier alpha value is -2.21. The number of para-hydroxylation sites is 1. The maximum Gasteiger partial charge on any atom is 0.226 e. The Morgan fingerprint density at radius 1 is 1.32 bits per heavy atom. The molecule has 1 aromatic carbocycles. The summed E-state index contributed by atoms with van der Waals surface area (Å²) in [6.07, 6.45) is 1.48. The summed E-state index contributed by atoms with van der Waals surface area (Å²) in [6, 6.07) is 4.83. The van der Waals surface area contributed by atoms with Crippen molar-refractivity contribution in [2.24, 2.45) is 0 Å². The average molecular weight is 278 g/mol. The van der Waals surface area contributed by atoms with E-state index in [0.29, 0.717) is 22.7 Å². The number of halogens is 2. The van der Waals surface area contributed by atoms with E-state index < -0.39 is 0 Å². The lowest BCUT2D eigenvalue weighted by Gasteiger charge is -2.10. The number of imidazole rings is 1. The van der Waals surface area contributed by atoms with Crippen LogP contribution in [0.3, 0.4) is 0 Å². The Kier molecular flexibility index (Phi) is 2.79. The van der Waals surface area contributed by atoms with Gasteiger partial charge >= 0.3 is 0 Å². The summed E-state index contributed by atoms with van der Waals surface area (Å²) in [4.78, 5) is 14.9. The van der Waals surface area contributed by atoms with Crippen molar-refractivity contribution in [3.05, 3.63) is 41.2 Å². The van der Waals surface area contributed by atoms with Gasteiger partial charge in [-0.3, -0.25) is 0 Å². The Morgan fingerprint density at radius 2 is 2.16 bits per heavy atom. The highest BCUT2D eigenvalue weighted by atomic mass is 35.5. The number of rotatable bonds is 2. The summed E-state index contributed by atoms with van der Waals surface area (Å²) in [7, 11) is 0. The summed E-state index contributed by atoms with van der Waals surface area (Å²) in [5.74, 6) is 0.0306. The van der Waals surface area contributed by atoms with Gasteiger partial charge in [-0.25, -0.2) is 9.37 Å². The van der Waals surface area contributed by atoms with E-state index in [0.717, 1.165) is 5.56 Å². The number of aryl methyl sites for hydroxylation is 1. The molecular weight excluding hydrogens is 269 g/mol. The number of anilines is 2. The van der Waals surface area contributed by atoms with E-state index in [1.165, 1.54) is 12.4 Å². The topological polar surface area (TPSA) is 66.5 Å². The predicted octanol–water partition coefficient (Wildman–Crippen LogP) is 3.20. The number of aromatic amines is 1. The normalized spacial score (nSPS) is 10.9. The molecule has 0 fully saturated rings. The molecule has 0 spiro atoms. The number of fused-ring (bicyclic) bond motifs is 1. The van der Waals surface area contributed by atoms with Crippen molar-refractivity contribution in [3.63, 3.8) is 0 Å². The Morgan fingerprint density at radius 3 is 2.95 bits per heavy atom. The average Bonchev–Trinajstić information content (AvgIpc) is 2.81. The molecule has 0 aliphatic rings. The van der Waals surface area contributed by atoms with Gasteiger partial charge in [0.15, 0.2) is 11.5 Å². The van der Waals surface area contributed by atoms with Crippen molar-refractivity contribution >= 4 is 34.3 Å². The van der Waals surface area contributed by atoms with Gasteiger partial charge < -0.3 is 10.3 Å². The molecular formula is C12H9ClFN5. The summed E-state index contributed by atoms with van der Waals surface area (Å²) >= 11 is 5.82. The first-order valence-electron chi connectivity index (χ1n) is 5.54. The van der Waals surface area contributed by atoms with E-state index in [4.69, 9.17) is 11.6 Å². The van der Waals surface area contributed by atoms with Crippen LogP contribution in [0.15, 0.2) is 24.5 Å². The largest absolute Gasteiger partial charge is 0.340 e. The first-order valence-corrected chi connectivity index (χ1v) is 5.91. The molecule has 0 unspecified atom stereocenters. The molecule has 3 rings (SSSR count). The lowest BCUT2D eigenvalue weighted by Crippen LogP contribution is -2.00. The standard InChI is InChI=1S/C12H9ClFN5/c1-6-3-2-4-7(14)8(6)17-11-9-10(16-5-15-9)18-12(13)19-11/h2-5H,1H3,(H2,15,16,17,18,19). The van der Waals surface area contributed by atoms with E-state index in [1.54, 1.807) is 19.1 Å². The van der Waals surface area contributed by atoms with E-state index in [9.17, 15) is 4.39 Å². The fourth-order valence-corrected chi connectivity index (χ4v) is 1.97. The molecule has 2 N–H and O–H groups in total. The van der Waals surface area contributed by atoms with Gasteiger partial charge in [-0.15, -0.1) is 0 Å². The number of nitrogens with one attached hydrogen (secondary N) is 2. The van der Waals surface area contributed by atoms with E-state index in [1.807, 2.05) is 0 Å². The minimum atomic E-state index is -0.359. The van der Waals surface area contributed by atoms with E-state index in [2.05, 4.69) is 25.3 Å². The molecule has 0 bridgehead atoms. The number of nitrogens with zero attached hydrogens (tertiary/aromatic N) is 3. The van der Waals surface area contributed by atoms with Crippen molar-refractivity contribution in [1.29, 1.82) is 0 Å². The van der Waals surface area contributed by atoms with Crippen LogP contribution in [0.2, 0.25) is 5.28 Å². The zero-order valence-electron chi connectivity index (χ0n) is 9.91. The predicted molar refractivity (Wildman–Crippen MR) is 71.1 cm³/mol. The van der Waals surface area contributed by atoms with E-state index in [-0.39, 0.29) is 11.1 Å². The number of hydrogen-bond acceptors (Lipinski definition) is 4. The minimum absolute atomic E-state index is 0.0519. The molecule has 2 heterocycles. The third-order valence-corrected chi connectivity index (χ3v) is 2.89. The maximum atomic E-state index is 13.8. The Bertz CT molecular complexity index is 735. The van der Waals surface area contributed by atoms with Crippen LogP contribution in [0.25, 0.3) is 11.2 Å². The third kappa shape index (κ3) is 2.10. The second kappa shape index (κ2) is 4.47. The first-order chi connectivity index (χ1) is 9.15. The molecule has 3 aromatic rings. The second-order valence-corrected chi connectivity index (χ2v) is 4.34. The lowest BCUT2D eigenvalue weighted by atomic mass is 10.2. The fraction of sp³-hybridized carbons (Fsp3) is 0.0833. The Labute approximate surface area is 112 Å². The van der Waals surface area contributed by atoms with Gasteiger partial charge in [0.05, 0.1) is 12.0 Å². The van der Waals surface area contributed by atoms with Gasteiger partial charge in [-0.05, 0) is 30.2 Å². The minimum Gasteiger partial charge on any atom is -0.340 e. The van der Waals surface area contributed by atoms with Crippen LogP contribution >= 0.6 is 11.6 Å². The monoisotopic (exact) mass is 277 g/mol. The molecule has 5 nitrogen and oxygen atoms in total. The van der Waals surface area contributed by atoms with Gasteiger partial charge in [0, 0.05) is 0 Å². The highest BCUT2D eigenvalue weighted by Gasteiger charge is 2.12. The SMILES string of the molecule is Cc1cccc(F)c1Nc1nc(Cl)nc2nc[nH]c12. The molecule has 0 amide bonds. The number of benzene rings is 1. The molecule has 96 valence electrons. The molecule has 2 aromatic heterocycles. The van der Waals surface area contributed by atoms with Crippen LogP contribution in [0, 0.1) is 12.7 Å². The molecule has 7 heteroatoms. The van der Waals surface area contributed by atoms with Crippen molar-refractivity contribution in [2.45, 2.75) is 6.92 Å². The molecule has 0 aliphatic heterocycles. The highest BCUT2D eigenvalue weighted by molar-refractivity contribution is 6.28. The number of hydrogen-bond donors (Lipinski definition) is 2. The molecule has 0 aliphatic carbocycles. The van der Waals surface area contributed by atoms with Gasteiger partial charge in [0.2, 0.25) is 5.28 Å². The number of aromatic nitrogens is 4. The van der Waals surface area contributed by atoms with Crippen LogP contribution in [0.4, 0.5) is 15.9 Å². The Balaban J connectivity index is 2.13. The summed E-state index contributed by atoms with van der Waals surface area (Å²) in [6.45, 7) is 1.80.